The van der Waals surface area contributed by atoms with E-state index in [0.717, 1.165) is 21.7 Å². The molecule has 4 nitrogen and oxygen atoms in total. The Balaban J connectivity index is 1.88. The highest BCUT2D eigenvalue weighted by Gasteiger charge is 2.16. The monoisotopic (exact) mass is 394 g/mol. The van der Waals surface area contributed by atoms with Gasteiger partial charge in [-0.25, -0.2) is 0 Å². The third-order valence-electron chi connectivity index (χ3n) is 4.24. The second-order valence-electron chi connectivity index (χ2n) is 6.87. The van der Waals surface area contributed by atoms with Crippen LogP contribution in [0.5, 0.6) is 0 Å². The van der Waals surface area contributed by atoms with Gasteiger partial charge in [-0.3, -0.25) is 4.79 Å². The Morgan fingerprint density at radius 3 is 2.15 bits per heavy atom. The number of hydrogen-bond acceptors (Lipinski definition) is 2. The summed E-state index contributed by atoms with van der Waals surface area (Å²) in [5, 5.41) is 1.09. The van der Waals surface area contributed by atoms with E-state index < -0.39 is 0 Å². The van der Waals surface area contributed by atoms with Crippen LogP contribution in [0.15, 0.2) is 42.5 Å². The molecule has 0 aliphatic rings. The summed E-state index contributed by atoms with van der Waals surface area (Å²) in [6, 6.07) is 13.8. The number of benzene rings is 2. The Kier molecular flexibility index (Phi) is 7.33. The summed E-state index contributed by atoms with van der Waals surface area (Å²) in [5.74, 6) is 0.110. The highest BCUT2D eigenvalue weighted by atomic mass is 35.5. The molecule has 0 aliphatic carbocycles. The van der Waals surface area contributed by atoms with E-state index >= 15 is 0 Å². The van der Waals surface area contributed by atoms with Crippen molar-refractivity contribution in [3.63, 3.8) is 0 Å². The Morgan fingerprint density at radius 1 is 0.962 bits per heavy atom. The number of quaternary nitrogens is 1. The molecule has 1 N–H and O–H groups in total. The van der Waals surface area contributed by atoms with Gasteiger partial charge in [0.05, 0.1) is 17.1 Å². The maximum atomic E-state index is 12.5. The minimum absolute atomic E-state index is 0.110. The Morgan fingerprint density at radius 2 is 1.58 bits per heavy atom. The summed E-state index contributed by atoms with van der Waals surface area (Å²) < 4.78 is 0. The molecule has 0 radical (unpaired) electrons. The number of nitrogens with one attached hydrogen (secondary N) is 1. The van der Waals surface area contributed by atoms with Crippen molar-refractivity contribution < 1.29 is 9.69 Å². The van der Waals surface area contributed by atoms with Crippen molar-refractivity contribution in [3.05, 3.63) is 63.6 Å². The van der Waals surface area contributed by atoms with Gasteiger partial charge in [0.2, 0.25) is 0 Å². The number of amides is 1. The van der Waals surface area contributed by atoms with Gasteiger partial charge >= 0.3 is 0 Å². The number of carbonyl (C=O) groups excluding carboxylic acids is 1. The molecule has 1 unspecified atom stereocenters. The highest BCUT2D eigenvalue weighted by Crippen LogP contribution is 2.22. The summed E-state index contributed by atoms with van der Waals surface area (Å²) in [6.07, 6.45) is 0. The Hall–Kier alpha value is -1.75. The minimum atomic E-state index is 0.110. The van der Waals surface area contributed by atoms with Crippen molar-refractivity contribution in [2.75, 3.05) is 39.6 Å². The van der Waals surface area contributed by atoms with Crippen molar-refractivity contribution >= 4 is 34.8 Å². The number of rotatable bonds is 7. The van der Waals surface area contributed by atoms with Gasteiger partial charge in [-0.05, 0) is 29.8 Å². The van der Waals surface area contributed by atoms with Gasteiger partial charge in [0.25, 0.3) is 5.91 Å². The molecular formula is C20H26Cl2N3O+. The third-order valence-corrected chi connectivity index (χ3v) is 4.98. The predicted octanol–water partition coefficient (Wildman–Crippen LogP) is 2.73. The lowest BCUT2D eigenvalue weighted by molar-refractivity contribution is -0.885. The van der Waals surface area contributed by atoms with E-state index in [0.29, 0.717) is 29.7 Å². The number of hydrogen-bond donors (Lipinski definition) is 1. The molecule has 0 spiro atoms. The standard InChI is InChI=1S/C20H25Cl2N3O/c1-23(2)17-8-5-15(6-9-17)13-25(4)20(26)14-24(3)12-16-7-10-18(21)19(22)11-16/h5-11H,12-14H2,1-4H3/p+1. The van der Waals surface area contributed by atoms with E-state index in [-0.39, 0.29) is 5.91 Å². The van der Waals surface area contributed by atoms with Crippen LogP contribution >= 0.6 is 23.2 Å². The maximum absolute atomic E-state index is 12.5. The summed E-state index contributed by atoms with van der Waals surface area (Å²) in [6.45, 7) is 1.74. The lowest BCUT2D eigenvalue weighted by Crippen LogP contribution is -3.08. The zero-order valence-electron chi connectivity index (χ0n) is 15.7. The fourth-order valence-electron chi connectivity index (χ4n) is 2.72. The van der Waals surface area contributed by atoms with Gasteiger partial charge in [0, 0.05) is 38.9 Å². The molecule has 0 aromatic heterocycles. The van der Waals surface area contributed by atoms with Crippen molar-refractivity contribution in [1.82, 2.24) is 4.90 Å². The maximum Gasteiger partial charge on any atom is 0.277 e. The van der Waals surface area contributed by atoms with Crippen LogP contribution in [0.3, 0.4) is 0 Å². The lowest BCUT2D eigenvalue weighted by atomic mass is 10.2. The Labute approximate surface area is 165 Å². The molecule has 0 bridgehead atoms. The summed E-state index contributed by atoms with van der Waals surface area (Å²) in [7, 11) is 7.86. The summed E-state index contributed by atoms with van der Waals surface area (Å²) in [4.78, 5) is 17.4. The first-order valence-electron chi connectivity index (χ1n) is 8.51. The highest BCUT2D eigenvalue weighted by molar-refractivity contribution is 6.42. The van der Waals surface area contributed by atoms with E-state index in [1.807, 2.05) is 40.3 Å². The number of likely N-dealkylation sites (N-methyl/N-ethyl adjacent to an activating group) is 2. The minimum Gasteiger partial charge on any atom is -0.378 e. The zero-order valence-corrected chi connectivity index (χ0v) is 17.2. The van der Waals surface area contributed by atoms with E-state index in [4.69, 9.17) is 23.2 Å². The fourth-order valence-corrected chi connectivity index (χ4v) is 3.04. The first-order chi connectivity index (χ1) is 12.3. The quantitative estimate of drug-likeness (QED) is 0.781. The van der Waals surface area contributed by atoms with Crippen molar-refractivity contribution in [2.45, 2.75) is 13.1 Å². The second kappa shape index (κ2) is 9.26. The van der Waals surface area contributed by atoms with Crippen LogP contribution < -0.4 is 9.80 Å². The van der Waals surface area contributed by atoms with Crippen molar-refractivity contribution in [1.29, 1.82) is 0 Å². The average Bonchev–Trinajstić information content (AvgIpc) is 2.58. The number of anilines is 1. The van der Waals surface area contributed by atoms with E-state index in [1.165, 1.54) is 0 Å². The van der Waals surface area contributed by atoms with Gasteiger partial charge in [-0.15, -0.1) is 0 Å². The van der Waals surface area contributed by atoms with Crippen LogP contribution in [0, 0.1) is 0 Å². The average molecular weight is 395 g/mol. The van der Waals surface area contributed by atoms with Crippen LogP contribution in [0.4, 0.5) is 5.69 Å². The molecule has 0 saturated carbocycles. The number of carbonyl (C=O) groups is 1. The first-order valence-corrected chi connectivity index (χ1v) is 9.27. The number of halogens is 2. The van der Waals surface area contributed by atoms with E-state index in [2.05, 4.69) is 29.2 Å². The smallest absolute Gasteiger partial charge is 0.277 e. The van der Waals surface area contributed by atoms with Crippen LogP contribution in [-0.4, -0.2) is 45.5 Å². The second-order valence-corrected chi connectivity index (χ2v) is 7.68. The molecular weight excluding hydrogens is 369 g/mol. The van der Waals surface area contributed by atoms with Gasteiger partial charge in [0.1, 0.15) is 6.54 Å². The molecule has 0 saturated heterocycles. The van der Waals surface area contributed by atoms with Crippen LogP contribution in [-0.2, 0) is 17.9 Å². The van der Waals surface area contributed by atoms with Crippen molar-refractivity contribution in [2.24, 2.45) is 0 Å². The topological polar surface area (TPSA) is 28.0 Å². The van der Waals surface area contributed by atoms with Gasteiger partial charge in [-0.1, -0.05) is 41.4 Å². The first kappa shape index (κ1) is 20.6. The van der Waals surface area contributed by atoms with E-state index in [9.17, 15) is 4.79 Å². The third kappa shape index (κ3) is 5.90. The fraction of sp³-hybridized carbons (Fsp3) is 0.350. The number of nitrogens with zero attached hydrogens (tertiary/aromatic N) is 2. The van der Waals surface area contributed by atoms with Gasteiger partial charge in [0.15, 0.2) is 6.54 Å². The molecule has 6 heteroatoms. The molecule has 2 aromatic rings. The predicted molar refractivity (Wildman–Crippen MR) is 109 cm³/mol. The largest absolute Gasteiger partial charge is 0.378 e. The van der Waals surface area contributed by atoms with Crippen LogP contribution in [0.2, 0.25) is 10.0 Å². The van der Waals surface area contributed by atoms with Gasteiger partial charge < -0.3 is 14.7 Å². The molecule has 0 heterocycles. The molecule has 1 atom stereocenters. The molecule has 140 valence electrons. The lowest BCUT2D eigenvalue weighted by Gasteiger charge is -2.21. The van der Waals surface area contributed by atoms with Crippen LogP contribution in [0.1, 0.15) is 11.1 Å². The summed E-state index contributed by atoms with van der Waals surface area (Å²) in [5.41, 5.74) is 3.33. The zero-order chi connectivity index (χ0) is 19.3. The van der Waals surface area contributed by atoms with Gasteiger partial charge in [-0.2, -0.15) is 0 Å². The normalized spacial score (nSPS) is 11.9. The van der Waals surface area contributed by atoms with Crippen LogP contribution in [0.25, 0.3) is 0 Å². The summed E-state index contributed by atoms with van der Waals surface area (Å²) >= 11 is 12.0. The molecule has 0 aliphatic heterocycles. The molecule has 2 rings (SSSR count). The molecule has 2 aromatic carbocycles. The molecule has 1 amide bonds. The van der Waals surface area contributed by atoms with Crippen molar-refractivity contribution in [3.8, 4) is 0 Å². The molecule has 26 heavy (non-hydrogen) atoms. The molecule has 0 fully saturated rings. The Bertz CT molecular complexity index is 747. The SMILES string of the molecule is CN(Cc1ccc(N(C)C)cc1)C(=O)C[NH+](C)Cc1ccc(Cl)c(Cl)c1. The van der Waals surface area contributed by atoms with E-state index in [1.54, 1.807) is 11.0 Å².